The van der Waals surface area contributed by atoms with E-state index in [0.29, 0.717) is 24.0 Å². The van der Waals surface area contributed by atoms with Gasteiger partial charge < -0.3 is 15.6 Å². The lowest BCUT2D eigenvalue weighted by Gasteiger charge is -2.08. The zero-order valence-corrected chi connectivity index (χ0v) is 15.2. The van der Waals surface area contributed by atoms with E-state index in [2.05, 4.69) is 51.6 Å². The highest BCUT2D eigenvalue weighted by Crippen LogP contribution is 2.18. The Morgan fingerprint density at radius 3 is 2.77 bits per heavy atom. The Kier molecular flexibility index (Phi) is 5.84. The summed E-state index contributed by atoms with van der Waals surface area (Å²) in [6.07, 6.45) is 6.99. The van der Waals surface area contributed by atoms with Gasteiger partial charge in [-0.1, -0.05) is 32.0 Å². The summed E-state index contributed by atoms with van der Waals surface area (Å²) < 4.78 is 0. The number of H-pyrrole nitrogens is 1. The molecule has 3 aromatic rings. The second-order valence-electron chi connectivity index (χ2n) is 6.76. The van der Waals surface area contributed by atoms with Crippen LogP contribution in [0.5, 0.6) is 0 Å². The molecule has 2 aromatic heterocycles. The van der Waals surface area contributed by atoms with E-state index < -0.39 is 0 Å². The highest BCUT2D eigenvalue weighted by atomic mass is 16.1. The Bertz CT molecular complexity index is 854. The van der Waals surface area contributed by atoms with Gasteiger partial charge in [0.15, 0.2) is 0 Å². The summed E-state index contributed by atoms with van der Waals surface area (Å²) in [6.45, 7) is 5.66. The number of aromatic amines is 1. The summed E-state index contributed by atoms with van der Waals surface area (Å²) in [4.78, 5) is 23.8. The first-order valence-corrected chi connectivity index (χ1v) is 9.02. The van der Waals surface area contributed by atoms with Crippen molar-refractivity contribution in [3.05, 3.63) is 54.1 Å². The minimum Gasteiger partial charge on any atom is -0.368 e. The van der Waals surface area contributed by atoms with Crippen molar-refractivity contribution in [1.29, 1.82) is 0 Å². The topological polar surface area (TPSA) is 82.7 Å². The molecule has 0 fully saturated rings. The predicted octanol–water partition coefficient (Wildman–Crippen LogP) is 3.39. The molecule has 0 unspecified atom stereocenters. The van der Waals surface area contributed by atoms with E-state index >= 15 is 0 Å². The first kappa shape index (κ1) is 17.9. The number of rotatable bonds is 8. The molecule has 0 aliphatic rings. The Labute approximate surface area is 153 Å². The summed E-state index contributed by atoms with van der Waals surface area (Å²) in [7, 11) is 0. The average molecular weight is 351 g/mol. The van der Waals surface area contributed by atoms with Crippen molar-refractivity contribution in [1.82, 2.24) is 20.3 Å². The fraction of sp³-hybridized carbons (Fsp3) is 0.350. The molecule has 0 aliphatic heterocycles. The number of benzene rings is 1. The van der Waals surface area contributed by atoms with E-state index in [9.17, 15) is 4.79 Å². The van der Waals surface area contributed by atoms with Gasteiger partial charge in [-0.05, 0) is 30.4 Å². The molecule has 0 aliphatic carbocycles. The van der Waals surface area contributed by atoms with Gasteiger partial charge in [0.25, 0.3) is 5.91 Å². The van der Waals surface area contributed by atoms with Crippen molar-refractivity contribution < 1.29 is 4.79 Å². The zero-order valence-electron chi connectivity index (χ0n) is 15.2. The van der Waals surface area contributed by atoms with E-state index in [1.54, 1.807) is 6.20 Å². The molecule has 0 atom stereocenters. The molecule has 0 bridgehead atoms. The number of para-hydroxylation sites is 1. The quantitative estimate of drug-likeness (QED) is 0.581. The van der Waals surface area contributed by atoms with Crippen LogP contribution in [-0.4, -0.2) is 33.9 Å². The zero-order chi connectivity index (χ0) is 18.4. The van der Waals surface area contributed by atoms with Crippen LogP contribution in [0.3, 0.4) is 0 Å². The number of fused-ring (bicyclic) bond motifs is 1. The monoisotopic (exact) mass is 351 g/mol. The molecular formula is C20H25N5O. The third-order valence-electron chi connectivity index (χ3n) is 4.27. The highest BCUT2D eigenvalue weighted by molar-refractivity contribution is 5.92. The molecule has 6 heteroatoms. The smallest absolute Gasteiger partial charge is 0.271 e. The lowest BCUT2D eigenvalue weighted by Crippen LogP contribution is -2.26. The van der Waals surface area contributed by atoms with Gasteiger partial charge in [0.05, 0.1) is 12.4 Å². The van der Waals surface area contributed by atoms with E-state index in [4.69, 9.17) is 0 Å². The summed E-state index contributed by atoms with van der Waals surface area (Å²) in [5, 5.41) is 7.36. The van der Waals surface area contributed by atoms with Gasteiger partial charge in [-0.3, -0.25) is 4.79 Å². The predicted molar refractivity (Wildman–Crippen MR) is 104 cm³/mol. The number of hydrogen-bond acceptors (Lipinski definition) is 4. The maximum atomic E-state index is 12.0. The molecule has 3 N–H and O–H groups in total. The normalized spacial score (nSPS) is 11.0. The van der Waals surface area contributed by atoms with Crippen LogP contribution in [-0.2, 0) is 6.42 Å². The molecule has 0 saturated heterocycles. The number of hydrogen-bond donors (Lipinski definition) is 3. The molecule has 136 valence electrons. The number of nitrogens with zero attached hydrogens (tertiary/aromatic N) is 2. The van der Waals surface area contributed by atoms with Crippen molar-refractivity contribution in [2.75, 3.05) is 18.4 Å². The Hall–Kier alpha value is -2.89. The third kappa shape index (κ3) is 4.59. The second-order valence-corrected chi connectivity index (χ2v) is 6.76. The lowest BCUT2D eigenvalue weighted by molar-refractivity contribution is 0.0946. The van der Waals surface area contributed by atoms with Gasteiger partial charge in [-0.2, -0.15) is 0 Å². The maximum Gasteiger partial charge on any atom is 0.271 e. The summed E-state index contributed by atoms with van der Waals surface area (Å²) >= 11 is 0. The maximum absolute atomic E-state index is 12.0. The summed E-state index contributed by atoms with van der Waals surface area (Å²) in [5.41, 5.74) is 2.76. The van der Waals surface area contributed by atoms with Crippen LogP contribution in [0.4, 0.5) is 5.82 Å². The van der Waals surface area contributed by atoms with Crippen LogP contribution in [0.2, 0.25) is 0 Å². The molecular weight excluding hydrogens is 326 g/mol. The Morgan fingerprint density at radius 2 is 2.00 bits per heavy atom. The van der Waals surface area contributed by atoms with Crippen LogP contribution in [0.15, 0.2) is 42.9 Å². The number of nitrogens with one attached hydrogen (secondary N) is 3. The molecule has 2 heterocycles. The van der Waals surface area contributed by atoms with Crippen molar-refractivity contribution in [3.63, 3.8) is 0 Å². The van der Waals surface area contributed by atoms with Gasteiger partial charge in [0, 0.05) is 30.2 Å². The van der Waals surface area contributed by atoms with Gasteiger partial charge in [-0.25, -0.2) is 9.97 Å². The Balaban J connectivity index is 1.49. The van der Waals surface area contributed by atoms with Crippen molar-refractivity contribution in [3.8, 4) is 0 Å². The van der Waals surface area contributed by atoms with Crippen molar-refractivity contribution in [2.45, 2.75) is 26.7 Å². The molecule has 3 rings (SSSR count). The minimum atomic E-state index is -0.177. The summed E-state index contributed by atoms with van der Waals surface area (Å²) in [5.74, 6) is 1.05. The van der Waals surface area contributed by atoms with Crippen LogP contribution in [0.25, 0.3) is 10.9 Å². The van der Waals surface area contributed by atoms with E-state index in [1.807, 2.05) is 18.3 Å². The minimum absolute atomic E-state index is 0.177. The van der Waals surface area contributed by atoms with Gasteiger partial charge >= 0.3 is 0 Å². The number of carbonyl (C=O) groups is 1. The Morgan fingerprint density at radius 1 is 1.15 bits per heavy atom. The fourth-order valence-electron chi connectivity index (χ4n) is 2.77. The average Bonchev–Trinajstić information content (AvgIpc) is 3.05. The molecule has 1 amide bonds. The van der Waals surface area contributed by atoms with Gasteiger partial charge in [0.1, 0.15) is 11.5 Å². The number of amides is 1. The van der Waals surface area contributed by atoms with Crippen LogP contribution in [0, 0.1) is 5.92 Å². The van der Waals surface area contributed by atoms with E-state index in [-0.39, 0.29) is 5.91 Å². The van der Waals surface area contributed by atoms with Gasteiger partial charge in [-0.15, -0.1) is 0 Å². The first-order valence-electron chi connectivity index (χ1n) is 9.02. The molecule has 0 saturated carbocycles. The largest absolute Gasteiger partial charge is 0.368 e. The van der Waals surface area contributed by atoms with Crippen molar-refractivity contribution in [2.24, 2.45) is 5.92 Å². The van der Waals surface area contributed by atoms with Gasteiger partial charge in [0.2, 0.25) is 0 Å². The van der Waals surface area contributed by atoms with E-state index in [1.165, 1.54) is 17.1 Å². The highest BCUT2D eigenvalue weighted by Gasteiger charge is 2.08. The van der Waals surface area contributed by atoms with Crippen molar-refractivity contribution >= 4 is 22.6 Å². The standard InChI is InChI=1S/C20H25N5O/c1-14(2)7-9-22-20(26)18-12-25-19(13-24-18)21-10-8-15-11-23-17-6-4-3-5-16(15)17/h3-6,11-14,23H,7-10H2,1-2H3,(H,21,25)(H,22,26). The van der Waals surface area contributed by atoms with Crippen LogP contribution in [0.1, 0.15) is 36.3 Å². The molecule has 0 radical (unpaired) electrons. The molecule has 0 spiro atoms. The molecule has 1 aromatic carbocycles. The van der Waals surface area contributed by atoms with E-state index in [0.717, 1.165) is 24.9 Å². The first-order chi connectivity index (χ1) is 12.6. The SMILES string of the molecule is CC(C)CCNC(=O)c1cnc(NCCc2c[nH]c3ccccc23)cn1. The fourth-order valence-corrected chi connectivity index (χ4v) is 2.77. The van der Waals surface area contributed by atoms with Crippen LogP contribution >= 0.6 is 0 Å². The second kappa shape index (κ2) is 8.47. The third-order valence-corrected chi connectivity index (χ3v) is 4.27. The summed E-state index contributed by atoms with van der Waals surface area (Å²) in [6, 6.07) is 8.26. The molecule has 26 heavy (non-hydrogen) atoms. The lowest BCUT2D eigenvalue weighted by atomic mass is 10.1. The molecule has 6 nitrogen and oxygen atoms in total. The number of anilines is 1. The number of aromatic nitrogens is 3. The number of carbonyl (C=O) groups excluding carboxylic acids is 1. The van der Waals surface area contributed by atoms with Crippen LogP contribution < -0.4 is 10.6 Å².